The maximum absolute atomic E-state index is 11.9. The summed E-state index contributed by atoms with van der Waals surface area (Å²) in [5.74, 6) is 0.793. The van der Waals surface area contributed by atoms with Crippen molar-refractivity contribution in [1.29, 1.82) is 0 Å². The van der Waals surface area contributed by atoms with Crippen LogP contribution in [-0.2, 0) is 7.05 Å². The monoisotopic (exact) mass is 357 g/mol. The predicted octanol–water partition coefficient (Wildman–Crippen LogP) is 3.07. The van der Waals surface area contributed by atoms with E-state index >= 15 is 0 Å². The molecule has 1 aliphatic rings. The highest BCUT2D eigenvalue weighted by molar-refractivity contribution is 5.84. The first kappa shape index (κ1) is 16.9. The van der Waals surface area contributed by atoms with E-state index in [1.54, 1.807) is 23.9 Å². The van der Waals surface area contributed by atoms with Gasteiger partial charge in [-0.05, 0) is 41.8 Å². The zero-order chi connectivity index (χ0) is 18.6. The third kappa shape index (κ3) is 3.55. The SMILES string of the molecule is Cn1ccc(-c2ccn3c(/C4=C/C=N\C/C=C\C=C/C4)nnc3c2)cc1=O. The maximum Gasteiger partial charge on any atom is 0.250 e. The van der Waals surface area contributed by atoms with E-state index in [1.165, 1.54) is 0 Å². The first-order valence-electron chi connectivity index (χ1n) is 8.75. The number of allylic oxidation sites excluding steroid dienone is 5. The summed E-state index contributed by atoms with van der Waals surface area (Å²) >= 11 is 0. The quantitative estimate of drug-likeness (QED) is 0.708. The fourth-order valence-corrected chi connectivity index (χ4v) is 2.93. The van der Waals surface area contributed by atoms with E-state index in [4.69, 9.17) is 0 Å². The molecule has 27 heavy (non-hydrogen) atoms. The van der Waals surface area contributed by atoms with E-state index in [1.807, 2.05) is 59.3 Å². The third-order valence-electron chi connectivity index (χ3n) is 4.45. The molecule has 0 fully saturated rings. The van der Waals surface area contributed by atoms with Crippen LogP contribution in [0.25, 0.3) is 22.3 Å². The average molecular weight is 357 g/mol. The number of hydrogen-bond acceptors (Lipinski definition) is 4. The van der Waals surface area contributed by atoms with Gasteiger partial charge in [0, 0.05) is 37.3 Å². The van der Waals surface area contributed by atoms with Gasteiger partial charge in [0.1, 0.15) is 0 Å². The molecular weight excluding hydrogens is 338 g/mol. The van der Waals surface area contributed by atoms with Crippen LogP contribution in [0, 0.1) is 0 Å². The largest absolute Gasteiger partial charge is 0.319 e. The van der Waals surface area contributed by atoms with Crippen molar-refractivity contribution in [2.45, 2.75) is 6.42 Å². The van der Waals surface area contributed by atoms with Crippen LogP contribution < -0.4 is 5.56 Å². The maximum atomic E-state index is 11.9. The average Bonchev–Trinajstić information content (AvgIpc) is 3.11. The number of hydrogen-bond donors (Lipinski definition) is 0. The second kappa shape index (κ2) is 7.37. The molecule has 4 heterocycles. The Kier molecular flexibility index (Phi) is 4.61. The van der Waals surface area contributed by atoms with Crippen LogP contribution in [0.15, 0.2) is 76.8 Å². The second-order valence-corrected chi connectivity index (χ2v) is 6.30. The lowest BCUT2D eigenvalue weighted by atomic mass is 10.1. The van der Waals surface area contributed by atoms with Gasteiger partial charge in [-0.3, -0.25) is 14.2 Å². The van der Waals surface area contributed by atoms with E-state index in [-0.39, 0.29) is 5.56 Å². The normalized spacial score (nSPS) is 20.0. The van der Waals surface area contributed by atoms with Crippen molar-refractivity contribution in [3.8, 4) is 11.1 Å². The predicted molar refractivity (Wildman–Crippen MR) is 108 cm³/mol. The molecule has 0 unspecified atom stereocenters. The molecule has 0 amide bonds. The molecule has 0 bridgehead atoms. The summed E-state index contributed by atoms with van der Waals surface area (Å²) in [7, 11) is 1.74. The van der Waals surface area contributed by atoms with Crippen molar-refractivity contribution in [3.63, 3.8) is 0 Å². The zero-order valence-electron chi connectivity index (χ0n) is 15.0. The van der Waals surface area contributed by atoms with Crippen molar-refractivity contribution < 1.29 is 0 Å². The molecule has 0 N–H and O–H groups in total. The third-order valence-corrected chi connectivity index (χ3v) is 4.45. The zero-order valence-corrected chi connectivity index (χ0v) is 15.0. The number of aliphatic imine (C=N–C) groups is 1. The molecule has 0 saturated carbocycles. The van der Waals surface area contributed by atoms with Crippen LogP contribution in [0.4, 0.5) is 0 Å². The number of nitrogens with zero attached hydrogens (tertiary/aromatic N) is 5. The molecular formula is C21H19N5O. The summed E-state index contributed by atoms with van der Waals surface area (Å²) < 4.78 is 3.51. The van der Waals surface area contributed by atoms with Gasteiger partial charge < -0.3 is 4.57 Å². The Morgan fingerprint density at radius 3 is 2.70 bits per heavy atom. The van der Waals surface area contributed by atoms with Crippen LogP contribution >= 0.6 is 0 Å². The Morgan fingerprint density at radius 2 is 1.81 bits per heavy atom. The van der Waals surface area contributed by atoms with Crippen LogP contribution in [0.5, 0.6) is 0 Å². The van der Waals surface area contributed by atoms with Crippen molar-refractivity contribution in [2.24, 2.45) is 12.0 Å². The Labute approximate surface area is 156 Å². The minimum absolute atomic E-state index is 0.0405. The molecule has 0 spiro atoms. The lowest BCUT2D eigenvalue weighted by Crippen LogP contribution is -2.14. The molecule has 6 heteroatoms. The van der Waals surface area contributed by atoms with Gasteiger partial charge in [-0.2, -0.15) is 0 Å². The van der Waals surface area contributed by atoms with Gasteiger partial charge in [0.25, 0.3) is 5.56 Å². The summed E-state index contributed by atoms with van der Waals surface area (Å²) in [5, 5.41) is 8.70. The standard InChI is InChI=1S/C21H19N5O/c1-25-12-8-18(15-20(25)27)17-9-13-26-19(14-17)23-24-21(26)16-6-4-2-3-5-10-22-11-7-16/h2-5,7-9,11-15H,6,10H2,1H3/b4-2-,5-3-,16-7+,22-11-. The smallest absolute Gasteiger partial charge is 0.250 e. The van der Waals surface area contributed by atoms with E-state index < -0.39 is 0 Å². The molecule has 0 aliphatic carbocycles. The van der Waals surface area contributed by atoms with Crippen LogP contribution in [0.1, 0.15) is 12.2 Å². The number of rotatable bonds is 2. The molecule has 0 atom stereocenters. The summed E-state index contributed by atoms with van der Waals surface area (Å²) in [6.07, 6.45) is 16.4. The second-order valence-electron chi connectivity index (χ2n) is 6.30. The van der Waals surface area contributed by atoms with Crippen LogP contribution in [-0.4, -0.2) is 31.9 Å². The molecule has 1 aliphatic heterocycles. The Bertz CT molecular complexity index is 1160. The van der Waals surface area contributed by atoms with E-state index in [2.05, 4.69) is 21.3 Å². The van der Waals surface area contributed by atoms with Crippen molar-refractivity contribution in [2.75, 3.05) is 6.54 Å². The number of pyridine rings is 2. The Balaban J connectivity index is 1.74. The molecule has 3 aromatic rings. The van der Waals surface area contributed by atoms with E-state index in [9.17, 15) is 4.79 Å². The fourth-order valence-electron chi connectivity index (χ4n) is 2.93. The lowest BCUT2D eigenvalue weighted by molar-refractivity contribution is 0.861. The van der Waals surface area contributed by atoms with Crippen molar-refractivity contribution >= 4 is 17.4 Å². The molecule has 134 valence electrons. The summed E-state index contributed by atoms with van der Waals surface area (Å²) in [6.45, 7) is 0.661. The van der Waals surface area contributed by atoms with Gasteiger partial charge in [-0.15, -0.1) is 10.2 Å². The highest BCUT2D eigenvalue weighted by atomic mass is 16.1. The summed E-state index contributed by atoms with van der Waals surface area (Å²) in [5.41, 5.74) is 3.54. The number of aromatic nitrogens is 4. The molecule has 3 aromatic heterocycles. The highest BCUT2D eigenvalue weighted by Crippen LogP contribution is 2.22. The van der Waals surface area contributed by atoms with E-state index in [0.717, 1.165) is 34.6 Å². The minimum Gasteiger partial charge on any atom is -0.319 e. The van der Waals surface area contributed by atoms with Crippen LogP contribution in [0.2, 0.25) is 0 Å². The Morgan fingerprint density at radius 1 is 1.00 bits per heavy atom. The summed E-state index contributed by atoms with van der Waals surface area (Å²) in [4.78, 5) is 16.2. The molecule has 0 aromatic carbocycles. The highest BCUT2D eigenvalue weighted by Gasteiger charge is 2.11. The number of fused-ring (bicyclic) bond motifs is 1. The number of aryl methyl sites for hydroxylation is 1. The van der Waals surface area contributed by atoms with Gasteiger partial charge >= 0.3 is 0 Å². The molecule has 0 radical (unpaired) electrons. The first-order valence-corrected chi connectivity index (χ1v) is 8.75. The van der Waals surface area contributed by atoms with Crippen molar-refractivity contribution in [3.05, 3.63) is 83.2 Å². The lowest BCUT2D eigenvalue weighted by Gasteiger charge is -2.06. The topological polar surface area (TPSA) is 64.6 Å². The van der Waals surface area contributed by atoms with Crippen LogP contribution in [0.3, 0.4) is 0 Å². The fraction of sp³-hybridized carbons (Fsp3) is 0.143. The first-order chi connectivity index (χ1) is 13.2. The molecule has 4 rings (SSSR count). The van der Waals surface area contributed by atoms with Gasteiger partial charge in [-0.1, -0.05) is 24.3 Å². The van der Waals surface area contributed by atoms with Gasteiger partial charge in [0.15, 0.2) is 11.5 Å². The van der Waals surface area contributed by atoms with E-state index in [0.29, 0.717) is 6.54 Å². The summed E-state index contributed by atoms with van der Waals surface area (Å²) in [6, 6.07) is 7.46. The van der Waals surface area contributed by atoms with Gasteiger partial charge in [0.2, 0.25) is 0 Å². The molecule has 6 nitrogen and oxygen atoms in total. The minimum atomic E-state index is -0.0405. The van der Waals surface area contributed by atoms with Gasteiger partial charge in [-0.25, -0.2) is 0 Å². The Hall–Kier alpha value is -3.54. The molecule has 0 saturated heterocycles. The van der Waals surface area contributed by atoms with Gasteiger partial charge in [0.05, 0.1) is 6.54 Å². The van der Waals surface area contributed by atoms with Crippen molar-refractivity contribution in [1.82, 2.24) is 19.2 Å².